The van der Waals surface area contributed by atoms with E-state index in [1.807, 2.05) is 42.8 Å². The van der Waals surface area contributed by atoms with Gasteiger partial charge in [-0.25, -0.2) is 15.0 Å². The SMILES string of the molecule is Cc1cc(C)nc(SCC(=O)Nc2nc(-c3cccs3)cs2)n1. The van der Waals surface area contributed by atoms with Crippen molar-refractivity contribution >= 4 is 45.5 Å². The lowest BCUT2D eigenvalue weighted by Crippen LogP contribution is -2.14. The van der Waals surface area contributed by atoms with Crippen molar-refractivity contribution < 1.29 is 4.79 Å². The molecular weight excluding hydrogens is 348 g/mol. The van der Waals surface area contributed by atoms with E-state index in [2.05, 4.69) is 20.3 Å². The van der Waals surface area contributed by atoms with Crippen molar-refractivity contribution in [3.8, 4) is 10.6 Å². The molecule has 0 aliphatic rings. The van der Waals surface area contributed by atoms with E-state index in [0.29, 0.717) is 10.3 Å². The zero-order valence-electron chi connectivity index (χ0n) is 12.6. The van der Waals surface area contributed by atoms with E-state index in [4.69, 9.17) is 0 Å². The summed E-state index contributed by atoms with van der Waals surface area (Å²) >= 11 is 4.38. The molecule has 0 saturated carbocycles. The highest BCUT2D eigenvalue weighted by Crippen LogP contribution is 2.28. The molecule has 0 spiro atoms. The number of aryl methyl sites for hydroxylation is 2. The van der Waals surface area contributed by atoms with Crippen LogP contribution in [-0.2, 0) is 4.79 Å². The lowest BCUT2D eigenvalue weighted by Gasteiger charge is -2.03. The third-order valence-electron chi connectivity index (χ3n) is 2.82. The van der Waals surface area contributed by atoms with E-state index in [-0.39, 0.29) is 11.7 Å². The van der Waals surface area contributed by atoms with Gasteiger partial charge in [0, 0.05) is 16.8 Å². The lowest BCUT2D eigenvalue weighted by atomic mass is 10.4. The van der Waals surface area contributed by atoms with E-state index in [9.17, 15) is 4.79 Å². The molecule has 0 aliphatic carbocycles. The highest BCUT2D eigenvalue weighted by Gasteiger charge is 2.10. The van der Waals surface area contributed by atoms with Gasteiger partial charge in [0.15, 0.2) is 10.3 Å². The highest BCUT2D eigenvalue weighted by atomic mass is 32.2. The third-order valence-corrected chi connectivity index (χ3v) is 5.32. The number of thiazole rings is 1. The molecule has 0 radical (unpaired) electrons. The molecule has 0 unspecified atom stereocenters. The summed E-state index contributed by atoms with van der Waals surface area (Å²) in [6.07, 6.45) is 0. The van der Waals surface area contributed by atoms with Crippen molar-refractivity contribution in [2.45, 2.75) is 19.0 Å². The first-order chi connectivity index (χ1) is 11.1. The molecule has 8 heteroatoms. The maximum absolute atomic E-state index is 12.0. The summed E-state index contributed by atoms with van der Waals surface area (Å²) in [6, 6.07) is 5.91. The van der Waals surface area contributed by atoms with Crippen molar-refractivity contribution in [1.82, 2.24) is 15.0 Å². The minimum absolute atomic E-state index is 0.107. The fraction of sp³-hybridized carbons (Fsp3) is 0.200. The second-order valence-electron chi connectivity index (χ2n) is 4.79. The smallest absolute Gasteiger partial charge is 0.236 e. The number of rotatable bonds is 5. The normalized spacial score (nSPS) is 10.7. The molecule has 23 heavy (non-hydrogen) atoms. The van der Waals surface area contributed by atoms with Crippen LogP contribution in [0.15, 0.2) is 34.1 Å². The monoisotopic (exact) mass is 362 g/mol. The summed E-state index contributed by atoms with van der Waals surface area (Å²) in [4.78, 5) is 26.2. The van der Waals surface area contributed by atoms with E-state index in [1.165, 1.54) is 23.1 Å². The van der Waals surface area contributed by atoms with Gasteiger partial charge in [0.05, 0.1) is 16.3 Å². The van der Waals surface area contributed by atoms with Crippen LogP contribution >= 0.6 is 34.4 Å². The zero-order chi connectivity index (χ0) is 16.2. The topological polar surface area (TPSA) is 67.8 Å². The van der Waals surface area contributed by atoms with E-state index >= 15 is 0 Å². The maximum atomic E-state index is 12.0. The van der Waals surface area contributed by atoms with Gasteiger partial charge in [-0.3, -0.25) is 4.79 Å². The molecule has 0 atom stereocenters. The fourth-order valence-corrected chi connectivity index (χ4v) is 4.15. The number of nitrogens with one attached hydrogen (secondary N) is 1. The van der Waals surface area contributed by atoms with Gasteiger partial charge >= 0.3 is 0 Å². The molecule has 3 rings (SSSR count). The van der Waals surface area contributed by atoms with Crippen molar-refractivity contribution in [2.75, 3.05) is 11.1 Å². The summed E-state index contributed by atoms with van der Waals surface area (Å²) in [6.45, 7) is 3.83. The third kappa shape index (κ3) is 4.37. The summed E-state index contributed by atoms with van der Waals surface area (Å²) in [5.41, 5.74) is 2.70. The standard InChI is InChI=1S/C15H14N4OS3/c1-9-6-10(2)17-14(16-9)23-8-13(20)19-15-18-11(7-22-15)12-4-3-5-21-12/h3-7H,8H2,1-2H3,(H,18,19,20). The Labute approximate surface area is 146 Å². The van der Waals surface area contributed by atoms with Crippen molar-refractivity contribution in [3.05, 3.63) is 40.3 Å². The quantitative estimate of drug-likeness (QED) is 0.549. The van der Waals surface area contributed by atoms with Gasteiger partial charge in [-0.15, -0.1) is 22.7 Å². The Morgan fingerprint density at radius 1 is 1.22 bits per heavy atom. The van der Waals surface area contributed by atoms with E-state index in [1.54, 1.807) is 11.3 Å². The Balaban J connectivity index is 1.57. The highest BCUT2D eigenvalue weighted by molar-refractivity contribution is 7.99. The summed E-state index contributed by atoms with van der Waals surface area (Å²) < 4.78 is 0. The number of aromatic nitrogens is 3. The Kier molecular flexibility index (Phi) is 5.04. The van der Waals surface area contributed by atoms with Crippen molar-refractivity contribution in [2.24, 2.45) is 0 Å². The minimum Gasteiger partial charge on any atom is -0.301 e. The lowest BCUT2D eigenvalue weighted by molar-refractivity contribution is -0.113. The fourth-order valence-electron chi connectivity index (χ4n) is 1.91. The number of amides is 1. The van der Waals surface area contributed by atoms with Gasteiger partial charge in [0.2, 0.25) is 5.91 Å². The molecule has 0 saturated heterocycles. The second kappa shape index (κ2) is 7.20. The number of thiophene rings is 1. The summed E-state index contributed by atoms with van der Waals surface area (Å²) in [5, 5.41) is 8.01. The predicted molar refractivity (Wildman–Crippen MR) is 96.3 cm³/mol. The van der Waals surface area contributed by atoms with Crippen LogP contribution in [0.5, 0.6) is 0 Å². The molecule has 1 amide bonds. The first-order valence-corrected chi connectivity index (χ1v) is 9.59. The van der Waals surface area contributed by atoms with Crippen LogP contribution in [0.25, 0.3) is 10.6 Å². The van der Waals surface area contributed by atoms with Gasteiger partial charge in [0.25, 0.3) is 0 Å². The van der Waals surface area contributed by atoms with Gasteiger partial charge in [-0.05, 0) is 31.4 Å². The Bertz CT molecular complexity index is 794. The summed E-state index contributed by atoms with van der Waals surface area (Å²) in [7, 11) is 0. The largest absolute Gasteiger partial charge is 0.301 e. The van der Waals surface area contributed by atoms with Gasteiger partial charge in [-0.1, -0.05) is 17.8 Å². The van der Waals surface area contributed by atoms with Crippen LogP contribution in [0.4, 0.5) is 5.13 Å². The molecule has 5 nitrogen and oxygen atoms in total. The molecule has 3 aromatic rings. The molecule has 1 N–H and O–H groups in total. The first-order valence-electron chi connectivity index (χ1n) is 6.84. The Hall–Kier alpha value is -1.77. The molecular formula is C15H14N4OS3. The molecule has 0 fully saturated rings. The van der Waals surface area contributed by atoms with Crippen LogP contribution < -0.4 is 5.32 Å². The van der Waals surface area contributed by atoms with E-state index in [0.717, 1.165) is 22.0 Å². The number of hydrogen-bond donors (Lipinski definition) is 1. The molecule has 3 heterocycles. The van der Waals surface area contributed by atoms with Crippen LogP contribution in [0.1, 0.15) is 11.4 Å². The summed E-state index contributed by atoms with van der Waals surface area (Å²) in [5.74, 6) is 0.154. The average Bonchev–Trinajstić information content (AvgIpc) is 3.14. The average molecular weight is 363 g/mol. The van der Waals surface area contributed by atoms with Crippen LogP contribution in [0, 0.1) is 13.8 Å². The first kappa shape index (κ1) is 16.1. The Morgan fingerprint density at radius 2 is 2.00 bits per heavy atom. The molecule has 118 valence electrons. The Morgan fingerprint density at radius 3 is 2.70 bits per heavy atom. The number of hydrogen-bond acceptors (Lipinski definition) is 7. The minimum atomic E-state index is -0.107. The van der Waals surface area contributed by atoms with Crippen molar-refractivity contribution in [1.29, 1.82) is 0 Å². The van der Waals surface area contributed by atoms with Crippen LogP contribution in [-0.4, -0.2) is 26.6 Å². The van der Waals surface area contributed by atoms with Crippen LogP contribution in [0.3, 0.4) is 0 Å². The number of thioether (sulfide) groups is 1. The number of carbonyl (C=O) groups excluding carboxylic acids is 1. The molecule has 3 aromatic heterocycles. The van der Waals surface area contributed by atoms with Crippen molar-refractivity contribution in [3.63, 3.8) is 0 Å². The predicted octanol–water partition coefficient (Wildman–Crippen LogP) is 4.01. The molecule has 0 aliphatic heterocycles. The van der Waals surface area contributed by atoms with Gasteiger partial charge in [-0.2, -0.15) is 0 Å². The number of carbonyl (C=O) groups is 1. The number of anilines is 1. The van der Waals surface area contributed by atoms with Gasteiger partial charge < -0.3 is 5.32 Å². The molecule has 0 bridgehead atoms. The van der Waals surface area contributed by atoms with Crippen LogP contribution in [0.2, 0.25) is 0 Å². The second-order valence-corrected chi connectivity index (χ2v) is 7.53. The zero-order valence-corrected chi connectivity index (χ0v) is 15.0. The number of nitrogens with zero attached hydrogens (tertiary/aromatic N) is 3. The van der Waals surface area contributed by atoms with E-state index < -0.39 is 0 Å². The maximum Gasteiger partial charge on any atom is 0.236 e. The van der Waals surface area contributed by atoms with Gasteiger partial charge in [0.1, 0.15) is 0 Å². The molecule has 0 aromatic carbocycles.